The molecule has 3 N–H and O–H groups in total. The van der Waals surface area contributed by atoms with Crippen LogP contribution in [0, 0.1) is 17.0 Å². The lowest BCUT2D eigenvalue weighted by Gasteiger charge is -2.15. The molecule has 0 radical (unpaired) electrons. The van der Waals surface area contributed by atoms with Gasteiger partial charge in [-0.25, -0.2) is 0 Å². The van der Waals surface area contributed by atoms with Gasteiger partial charge in [0.2, 0.25) is 0 Å². The minimum atomic E-state index is -0.386. The second-order valence-corrected chi connectivity index (χ2v) is 4.62. The summed E-state index contributed by atoms with van der Waals surface area (Å²) in [6.07, 6.45) is 0. The number of aryl methyl sites for hydroxylation is 1. The van der Waals surface area contributed by atoms with Crippen LogP contribution in [0.5, 0.6) is 0 Å². The Morgan fingerprint density at radius 1 is 1.20 bits per heavy atom. The molecule has 5 heteroatoms. The van der Waals surface area contributed by atoms with Gasteiger partial charge >= 0.3 is 0 Å². The molecule has 0 aliphatic heterocycles. The van der Waals surface area contributed by atoms with Crippen molar-refractivity contribution in [1.29, 1.82) is 0 Å². The number of nitrogens with two attached hydrogens (primary N) is 1. The predicted molar refractivity (Wildman–Crippen MR) is 79.7 cm³/mol. The molecule has 2 aromatic rings. The van der Waals surface area contributed by atoms with E-state index in [1.54, 1.807) is 6.07 Å². The van der Waals surface area contributed by atoms with Crippen molar-refractivity contribution in [1.82, 2.24) is 0 Å². The fourth-order valence-corrected chi connectivity index (χ4v) is 2.06. The zero-order valence-corrected chi connectivity index (χ0v) is 11.2. The predicted octanol–water partition coefficient (Wildman–Crippen LogP) is 3.02. The molecule has 0 bridgehead atoms. The summed E-state index contributed by atoms with van der Waals surface area (Å²) in [5.41, 5.74) is 8.52. The van der Waals surface area contributed by atoms with E-state index >= 15 is 0 Å². The number of hydrogen-bond donors (Lipinski definition) is 2. The normalized spacial score (nSPS) is 11.9. The molecule has 0 heterocycles. The molecule has 0 aliphatic carbocycles. The van der Waals surface area contributed by atoms with Crippen molar-refractivity contribution >= 4 is 11.4 Å². The van der Waals surface area contributed by atoms with E-state index in [0.29, 0.717) is 12.2 Å². The SMILES string of the molecule is Cc1cccc([N+](=O)[O-])c1NCC(N)c1ccccc1. The summed E-state index contributed by atoms with van der Waals surface area (Å²) in [6, 6.07) is 14.4. The third kappa shape index (κ3) is 3.13. The molecule has 0 aromatic heterocycles. The van der Waals surface area contributed by atoms with Gasteiger partial charge in [0, 0.05) is 18.7 Å². The van der Waals surface area contributed by atoms with Crippen LogP contribution in [0.25, 0.3) is 0 Å². The molecule has 1 atom stereocenters. The van der Waals surface area contributed by atoms with Gasteiger partial charge in [-0.3, -0.25) is 10.1 Å². The number of nitro groups is 1. The van der Waals surface area contributed by atoms with Crippen LogP contribution in [0.1, 0.15) is 17.2 Å². The smallest absolute Gasteiger partial charge is 0.292 e. The third-order valence-corrected chi connectivity index (χ3v) is 3.17. The summed E-state index contributed by atoms with van der Waals surface area (Å²) < 4.78 is 0. The maximum atomic E-state index is 11.0. The van der Waals surface area contributed by atoms with Gasteiger partial charge in [0.1, 0.15) is 5.69 Å². The van der Waals surface area contributed by atoms with E-state index in [0.717, 1.165) is 11.1 Å². The highest BCUT2D eigenvalue weighted by molar-refractivity contribution is 5.66. The average molecular weight is 271 g/mol. The Bertz CT molecular complexity index is 599. The van der Waals surface area contributed by atoms with Gasteiger partial charge in [0.05, 0.1) is 4.92 Å². The lowest BCUT2D eigenvalue weighted by atomic mass is 10.1. The summed E-state index contributed by atoms with van der Waals surface area (Å²) in [5, 5.41) is 14.1. The molecular formula is C15H17N3O2. The van der Waals surface area contributed by atoms with E-state index in [4.69, 9.17) is 5.73 Å². The second kappa shape index (κ2) is 6.16. The number of anilines is 1. The molecule has 5 nitrogen and oxygen atoms in total. The van der Waals surface area contributed by atoms with Crippen LogP contribution in [0.2, 0.25) is 0 Å². The van der Waals surface area contributed by atoms with E-state index in [1.165, 1.54) is 6.07 Å². The van der Waals surface area contributed by atoms with Gasteiger partial charge in [-0.2, -0.15) is 0 Å². The van der Waals surface area contributed by atoms with Gasteiger partial charge in [0.25, 0.3) is 5.69 Å². The zero-order chi connectivity index (χ0) is 14.5. The van der Waals surface area contributed by atoms with Crippen LogP contribution in [-0.4, -0.2) is 11.5 Å². The maximum absolute atomic E-state index is 11.0. The molecule has 104 valence electrons. The highest BCUT2D eigenvalue weighted by Crippen LogP contribution is 2.28. The minimum Gasteiger partial charge on any atom is -0.377 e. The van der Waals surface area contributed by atoms with Crippen molar-refractivity contribution in [2.24, 2.45) is 5.73 Å². The highest BCUT2D eigenvalue weighted by atomic mass is 16.6. The second-order valence-electron chi connectivity index (χ2n) is 4.62. The molecule has 20 heavy (non-hydrogen) atoms. The van der Waals surface area contributed by atoms with E-state index in [1.807, 2.05) is 43.3 Å². The lowest BCUT2D eigenvalue weighted by Crippen LogP contribution is -2.21. The third-order valence-electron chi connectivity index (χ3n) is 3.17. The first kappa shape index (κ1) is 14.0. The van der Waals surface area contributed by atoms with Crippen molar-refractivity contribution in [3.63, 3.8) is 0 Å². The highest BCUT2D eigenvalue weighted by Gasteiger charge is 2.16. The van der Waals surface area contributed by atoms with Crippen LogP contribution in [0.4, 0.5) is 11.4 Å². The van der Waals surface area contributed by atoms with Crippen LogP contribution >= 0.6 is 0 Å². The van der Waals surface area contributed by atoms with Crippen LogP contribution in [-0.2, 0) is 0 Å². The van der Waals surface area contributed by atoms with Crippen molar-refractivity contribution in [2.45, 2.75) is 13.0 Å². The first-order valence-electron chi connectivity index (χ1n) is 6.38. The van der Waals surface area contributed by atoms with Gasteiger partial charge in [-0.1, -0.05) is 42.5 Å². The molecule has 0 amide bonds. The number of hydrogen-bond acceptors (Lipinski definition) is 4. The van der Waals surface area contributed by atoms with Crippen LogP contribution in [0.15, 0.2) is 48.5 Å². The molecule has 1 unspecified atom stereocenters. The zero-order valence-electron chi connectivity index (χ0n) is 11.2. The summed E-state index contributed by atoms with van der Waals surface area (Å²) in [6.45, 7) is 2.28. The summed E-state index contributed by atoms with van der Waals surface area (Å²) in [7, 11) is 0. The van der Waals surface area contributed by atoms with Crippen LogP contribution in [0.3, 0.4) is 0 Å². The van der Waals surface area contributed by atoms with E-state index in [-0.39, 0.29) is 16.7 Å². The average Bonchev–Trinajstić information content (AvgIpc) is 2.46. The summed E-state index contributed by atoms with van der Waals surface area (Å²) >= 11 is 0. The molecule has 0 aliphatic rings. The number of nitro benzene ring substituents is 1. The van der Waals surface area contributed by atoms with Crippen molar-refractivity contribution < 1.29 is 4.92 Å². The molecule has 2 rings (SSSR count). The first-order valence-corrected chi connectivity index (χ1v) is 6.38. The topological polar surface area (TPSA) is 81.2 Å². The van der Waals surface area contributed by atoms with E-state index < -0.39 is 0 Å². The fraction of sp³-hybridized carbons (Fsp3) is 0.200. The van der Waals surface area contributed by atoms with Crippen molar-refractivity contribution in [3.05, 3.63) is 69.8 Å². The van der Waals surface area contributed by atoms with Crippen molar-refractivity contribution in [3.8, 4) is 0 Å². The monoisotopic (exact) mass is 271 g/mol. The molecule has 2 aromatic carbocycles. The number of para-hydroxylation sites is 1. The minimum absolute atomic E-state index is 0.0743. The Morgan fingerprint density at radius 3 is 2.55 bits per heavy atom. The van der Waals surface area contributed by atoms with Gasteiger partial charge in [-0.05, 0) is 18.1 Å². The Morgan fingerprint density at radius 2 is 1.90 bits per heavy atom. The number of nitrogens with one attached hydrogen (secondary N) is 1. The quantitative estimate of drug-likeness (QED) is 0.647. The van der Waals surface area contributed by atoms with E-state index in [9.17, 15) is 10.1 Å². The standard InChI is InChI=1S/C15H17N3O2/c1-11-6-5-9-14(18(19)20)15(11)17-10-13(16)12-7-3-2-4-8-12/h2-9,13,17H,10,16H2,1H3. The molecule has 0 saturated carbocycles. The largest absolute Gasteiger partial charge is 0.377 e. The van der Waals surface area contributed by atoms with E-state index in [2.05, 4.69) is 5.32 Å². The number of nitrogens with zero attached hydrogens (tertiary/aromatic N) is 1. The van der Waals surface area contributed by atoms with Crippen LogP contribution < -0.4 is 11.1 Å². The van der Waals surface area contributed by atoms with Gasteiger partial charge < -0.3 is 11.1 Å². The Labute approximate surface area is 117 Å². The Hall–Kier alpha value is -2.40. The number of benzene rings is 2. The summed E-state index contributed by atoms with van der Waals surface area (Å²) in [5.74, 6) is 0. The molecule has 0 spiro atoms. The first-order chi connectivity index (χ1) is 9.59. The lowest BCUT2D eigenvalue weighted by molar-refractivity contribution is -0.384. The van der Waals surface area contributed by atoms with Gasteiger partial charge in [0.15, 0.2) is 0 Å². The van der Waals surface area contributed by atoms with Gasteiger partial charge in [-0.15, -0.1) is 0 Å². The maximum Gasteiger partial charge on any atom is 0.292 e. The Kier molecular flexibility index (Phi) is 4.32. The molecule has 0 fully saturated rings. The fourth-order valence-electron chi connectivity index (χ4n) is 2.06. The summed E-state index contributed by atoms with van der Waals surface area (Å²) in [4.78, 5) is 10.6. The Balaban J connectivity index is 2.13. The van der Waals surface area contributed by atoms with Crippen molar-refractivity contribution in [2.75, 3.05) is 11.9 Å². The molecule has 0 saturated heterocycles. The number of rotatable bonds is 5. The molecular weight excluding hydrogens is 254 g/mol.